The molecule has 0 aliphatic heterocycles. The number of pyridine rings is 1. The number of hydrogen-bond donors (Lipinski definition) is 1. The van der Waals surface area contributed by atoms with Crippen LogP contribution in [0.15, 0.2) is 73.1 Å². The number of thiazole rings is 1. The monoisotopic (exact) mass is 388 g/mol. The molecule has 2 heterocycles. The van der Waals surface area contributed by atoms with E-state index in [0.717, 1.165) is 22.4 Å². The summed E-state index contributed by atoms with van der Waals surface area (Å²) in [6.45, 7) is 1.71. The third-order valence-corrected chi connectivity index (χ3v) is 5.36. The molecule has 0 amide bonds. The van der Waals surface area contributed by atoms with E-state index in [0.29, 0.717) is 16.5 Å². The van der Waals surface area contributed by atoms with E-state index in [-0.39, 0.29) is 4.88 Å². The fourth-order valence-corrected chi connectivity index (χ4v) is 3.73. The van der Waals surface area contributed by atoms with Gasteiger partial charge in [-0.15, -0.1) is 11.3 Å². The Kier molecular flexibility index (Phi) is 4.87. The van der Waals surface area contributed by atoms with E-state index in [2.05, 4.69) is 9.97 Å². The standard InChI is InChI=1S/C22H16N2O3S/c1-14-20(22(25)26)28-21(24-14)15-9-10-19(27-17-7-3-2-4-8-17)18(12-15)16-6-5-11-23-13-16/h2-13H,1H3,(H,25,26). The Morgan fingerprint density at radius 2 is 1.86 bits per heavy atom. The molecule has 0 aliphatic rings. The van der Waals surface area contributed by atoms with Crippen molar-refractivity contribution in [1.29, 1.82) is 0 Å². The van der Waals surface area contributed by atoms with Crippen molar-refractivity contribution < 1.29 is 14.6 Å². The molecule has 0 atom stereocenters. The largest absolute Gasteiger partial charge is 0.477 e. The van der Waals surface area contributed by atoms with Crippen LogP contribution in [0.1, 0.15) is 15.4 Å². The van der Waals surface area contributed by atoms with Crippen molar-refractivity contribution >= 4 is 17.3 Å². The third-order valence-electron chi connectivity index (χ3n) is 4.16. The summed E-state index contributed by atoms with van der Waals surface area (Å²) in [6.07, 6.45) is 3.49. The van der Waals surface area contributed by atoms with Crippen LogP contribution >= 0.6 is 11.3 Å². The van der Waals surface area contributed by atoms with Gasteiger partial charge in [0.25, 0.3) is 0 Å². The Morgan fingerprint density at radius 3 is 2.54 bits per heavy atom. The molecular formula is C22H16N2O3S. The van der Waals surface area contributed by atoms with Crippen LogP contribution in [0.3, 0.4) is 0 Å². The summed E-state index contributed by atoms with van der Waals surface area (Å²) < 4.78 is 6.08. The number of aryl methyl sites for hydroxylation is 1. The van der Waals surface area contributed by atoms with Crippen molar-refractivity contribution in [3.8, 4) is 33.2 Å². The highest BCUT2D eigenvalue weighted by atomic mass is 32.1. The maximum atomic E-state index is 11.4. The summed E-state index contributed by atoms with van der Waals surface area (Å²) in [6, 6.07) is 19.1. The first-order valence-electron chi connectivity index (χ1n) is 8.60. The van der Waals surface area contributed by atoms with Gasteiger partial charge in [0.2, 0.25) is 0 Å². The second kappa shape index (κ2) is 7.62. The summed E-state index contributed by atoms with van der Waals surface area (Å²) in [4.78, 5) is 20.2. The Morgan fingerprint density at radius 1 is 1.04 bits per heavy atom. The molecule has 2 aromatic heterocycles. The smallest absolute Gasteiger partial charge is 0.347 e. The van der Waals surface area contributed by atoms with E-state index in [1.807, 2.05) is 60.7 Å². The Bertz CT molecular complexity index is 1130. The van der Waals surface area contributed by atoms with Crippen molar-refractivity contribution in [3.63, 3.8) is 0 Å². The molecule has 0 saturated heterocycles. The van der Waals surface area contributed by atoms with Crippen molar-refractivity contribution in [3.05, 3.63) is 83.6 Å². The number of carboxylic acid groups (broad SMARTS) is 1. The lowest BCUT2D eigenvalue weighted by Crippen LogP contribution is -1.94. The number of aromatic nitrogens is 2. The predicted octanol–water partition coefficient (Wildman–Crippen LogP) is 5.67. The first-order chi connectivity index (χ1) is 13.6. The minimum atomic E-state index is -0.960. The average Bonchev–Trinajstić information content (AvgIpc) is 3.12. The van der Waals surface area contributed by atoms with Gasteiger partial charge >= 0.3 is 5.97 Å². The molecule has 0 bridgehead atoms. The van der Waals surface area contributed by atoms with Gasteiger partial charge in [0.05, 0.1) is 5.69 Å². The molecule has 4 aromatic rings. The molecule has 2 aromatic carbocycles. The molecule has 0 unspecified atom stereocenters. The van der Waals surface area contributed by atoms with Gasteiger partial charge < -0.3 is 9.84 Å². The van der Waals surface area contributed by atoms with Gasteiger partial charge in [-0.3, -0.25) is 4.98 Å². The lowest BCUT2D eigenvalue weighted by Gasteiger charge is -2.12. The van der Waals surface area contributed by atoms with Crippen LogP contribution in [0.2, 0.25) is 0 Å². The van der Waals surface area contributed by atoms with E-state index >= 15 is 0 Å². The molecule has 0 aliphatic carbocycles. The highest BCUT2D eigenvalue weighted by Gasteiger charge is 2.17. The molecule has 6 heteroatoms. The number of aromatic carboxylic acids is 1. The zero-order valence-corrected chi connectivity index (χ0v) is 15.8. The summed E-state index contributed by atoms with van der Waals surface area (Å²) in [5.41, 5.74) is 3.11. The fraction of sp³-hybridized carbons (Fsp3) is 0.0455. The number of carboxylic acids is 1. The molecule has 1 N–H and O–H groups in total. The summed E-state index contributed by atoms with van der Waals surface area (Å²) in [7, 11) is 0. The molecule has 4 rings (SSSR count). The predicted molar refractivity (Wildman–Crippen MR) is 109 cm³/mol. The van der Waals surface area contributed by atoms with E-state index in [1.165, 1.54) is 11.3 Å². The fourth-order valence-electron chi connectivity index (χ4n) is 2.83. The number of nitrogens with zero attached hydrogens (tertiary/aromatic N) is 2. The molecule has 0 fully saturated rings. The van der Waals surface area contributed by atoms with Crippen LogP contribution in [-0.2, 0) is 0 Å². The Balaban J connectivity index is 1.81. The lowest BCUT2D eigenvalue weighted by molar-refractivity contribution is 0.0701. The number of hydrogen-bond acceptors (Lipinski definition) is 5. The van der Waals surface area contributed by atoms with Gasteiger partial charge in [-0.2, -0.15) is 0 Å². The Labute approximate surface area is 165 Å². The van der Waals surface area contributed by atoms with E-state index in [1.54, 1.807) is 19.3 Å². The molecule has 0 spiro atoms. The van der Waals surface area contributed by atoms with E-state index in [4.69, 9.17) is 4.74 Å². The van der Waals surface area contributed by atoms with Crippen LogP contribution in [0.5, 0.6) is 11.5 Å². The molecule has 28 heavy (non-hydrogen) atoms. The van der Waals surface area contributed by atoms with Crippen LogP contribution in [0.4, 0.5) is 0 Å². The number of rotatable bonds is 5. The van der Waals surface area contributed by atoms with Crippen molar-refractivity contribution in [1.82, 2.24) is 9.97 Å². The zero-order chi connectivity index (χ0) is 19.5. The van der Waals surface area contributed by atoms with E-state index < -0.39 is 5.97 Å². The second-order valence-corrected chi connectivity index (χ2v) is 7.11. The Hall–Kier alpha value is -3.51. The first-order valence-corrected chi connectivity index (χ1v) is 9.42. The topological polar surface area (TPSA) is 72.3 Å². The number of carbonyl (C=O) groups is 1. The number of ether oxygens (including phenoxy) is 1. The zero-order valence-electron chi connectivity index (χ0n) is 15.0. The maximum absolute atomic E-state index is 11.4. The maximum Gasteiger partial charge on any atom is 0.347 e. The van der Waals surface area contributed by atoms with E-state index in [9.17, 15) is 9.90 Å². The van der Waals surface area contributed by atoms with Crippen LogP contribution in [-0.4, -0.2) is 21.0 Å². The quantitative estimate of drug-likeness (QED) is 0.477. The molecule has 0 radical (unpaired) electrons. The summed E-state index contributed by atoms with van der Waals surface area (Å²) >= 11 is 1.17. The minimum absolute atomic E-state index is 0.252. The van der Waals surface area contributed by atoms with Crippen molar-refractivity contribution in [2.24, 2.45) is 0 Å². The van der Waals surface area contributed by atoms with Crippen molar-refractivity contribution in [2.75, 3.05) is 0 Å². The van der Waals surface area contributed by atoms with Gasteiger partial charge in [0, 0.05) is 29.1 Å². The summed E-state index contributed by atoms with van der Waals surface area (Å²) in [5.74, 6) is 0.464. The van der Waals surface area contributed by atoms with Gasteiger partial charge in [-0.1, -0.05) is 24.3 Å². The average molecular weight is 388 g/mol. The highest BCUT2D eigenvalue weighted by molar-refractivity contribution is 7.17. The van der Waals surface area contributed by atoms with Crippen LogP contribution < -0.4 is 4.74 Å². The number of benzene rings is 2. The molecular weight excluding hydrogens is 372 g/mol. The molecule has 138 valence electrons. The molecule has 5 nitrogen and oxygen atoms in total. The minimum Gasteiger partial charge on any atom is -0.477 e. The number of para-hydroxylation sites is 1. The van der Waals surface area contributed by atoms with Gasteiger partial charge in [0.15, 0.2) is 0 Å². The van der Waals surface area contributed by atoms with Crippen molar-refractivity contribution in [2.45, 2.75) is 6.92 Å². The molecule has 0 saturated carbocycles. The van der Waals surface area contributed by atoms with Crippen LogP contribution in [0, 0.1) is 6.92 Å². The first kappa shape index (κ1) is 17.9. The van der Waals surface area contributed by atoms with Gasteiger partial charge in [-0.05, 0) is 43.3 Å². The van der Waals surface area contributed by atoms with Gasteiger partial charge in [0.1, 0.15) is 21.4 Å². The normalized spacial score (nSPS) is 10.6. The third kappa shape index (κ3) is 3.63. The lowest BCUT2D eigenvalue weighted by atomic mass is 10.0. The summed E-state index contributed by atoms with van der Waals surface area (Å²) in [5, 5.41) is 9.97. The SMILES string of the molecule is Cc1nc(-c2ccc(Oc3ccccc3)c(-c3cccnc3)c2)sc1C(=O)O. The highest BCUT2D eigenvalue weighted by Crippen LogP contribution is 2.38. The van der Waals surface area contributed by atoms with Gasteiger partial charge in [-0.25, -0.2) is 9.78 Å². The second-order valence-electron chi connectivity index (χ2n) is 6.11. The van der Waals surface area contributed by atoms with Crippen LogP contribution in [0.25, 0.3) is 21.7 Å².